The third kappa shape index (κ3) is 3.00. The monoisotopic (exact) mass is 272 g/mol. The average Bonchev–Trinajstić information content (AvgIpc) is 3.12. The molecule has 0 radical (unpaired) electrons. The van der Waals surface area contributed by atoms with Gasteiger partial charge in [-0.2, -0.15) is 0 Å². The Balaban J connectivity index is 1.62. The van der Waals surface area contributed by atoms with E-state index in [0.717, 1.165) is 31.2 Å². The van der Waals surface area contributed by atoms with Gasteiger partial charge in [-0.1, -0.05) is 30.3 Å². The average molecular weight is 272 g/mol. The second-order valence-electron chi connectivity index (χ2n) is 5.69. The lowest BCUT2D eigenvalue weighted by atomic mass is 10.1. The first-order chi connectivity index (χ1) is 9.74. The van der Waals surface area contributed by atoms with Crippen molar-refractivity contribution in [2.24, 2.45) is 0 Å². The van der Waals surface area contributed by atoms with Crippen molar-refractivity contribution < 1.29 is 9.59 Å². The molecule has 1 unspecified atom stereocenters. The van der Waals surface area contributed by atoms with E-state index in [9.17, 15) is 9.59 Å². The summed E-state index contributed by atoms with van der Waals surface area (Å²) >= 11 is 0. The summed E-state index contributed by atoms with van der Waals surface area (Å²) in [4.78, 5) is 26.3. The summed E-state index contributed by atoms with van der Waals surface area (Å²) in [5.74, 6) is 0.0936. The smallest absolute Gasteiger partial charge is 0.243 e. The number of likely N-dealkylation sites (tertiary alicyclic amines) is 1. The van der Waals surface area contributed by atoms with E-state index in [2.05, 4.69) is 5.32 Å². The Bertz CT molecular complexity index is 496. The Labute approximate surface area is 119 Å². The summed E-state index contributed by atoms with van der Waals surface area (Å²) < 4.78 is 0. The standard InChI is InChI=1S/C16H20N2O2/c19-15(11-12-5-2-1-3-6-12)18-10-4-7-14(18)16(20)17-13-8-9-13/h1-3,5-6,13-14H,4,7-11H2,(H,17,20). The minimum Gasteiger partial charge on any atom is -0.352 e. The summed E-state index contributed by atoms with van der Waals surface area (Å²) in [6.45, 7) is 0.703. The highest BCUT2D eigenvalue weighted by molar-refractivity contribution is 5.89. The molecule has 4 nitrogen and oxygen atoms in total. The van der Waals surface area contributed by atoms with E-state index in [1.807, 2.05) is 30.3 Å². The topological polar surface area (TPSA) is 49.4 Å². The maximum Gasteiger partial charge on any atom is 0.243 e. The van der Waals surface area contributed by atoms with E-state index in [1.165, 1.54) is 0 Å². The fraction of sp³-hybridized carbons (Fsp3) is 0.500. The van der Waals surface area contributed by atoms with Crippen LogP contribution in [0.3, 0.4) is 0 Å². The number of carbonyl (C=O) groups excluding carboxylic acids is 2. The Kier molecular flexibility index (Phi) is 3.72. The molecule has 1 saturated heterocycles. The fourth-order valence-electron chi connectivity index (χ4n) is 2.73. The second-order valence-corrected chi connectivity index (χ2v) is 5.69. The molecular weight excluding hydrogens is 252 g/mol. The van der Waals surface area contributed by atoms with Crippen molar-refractivity contribution >= 4 is 11.8 Å². The van der Waals surface area contributed by atoms with Crippen molar-refractivity contribution in [1.82, 2.24) is 10.2 Å². The van der Waals surface area contributed by atoms with E-state index in [-0.39, 0.29) is 17.9 Å². The van der Waals surface area contributed by atoms with Gasteiger partial charge in [-0.05, 0) is 31.2 Å². The van der Waals surface area contributed by atoms with Gasteiger partial charge in [-0.15, -0.1) is 0 Å². The number of rotatable bonds is 4. The SMILES string of the molecule is O=C(NC1CC1)C1CCCN1C(=O)Cc1ccccc1. The van der Waals surface area contributed by atoms with E-state index in [0.29, 0.717) is 19.0 Å². The minimum absolute atomic E-state index is 0.0337. The molecule has 0 spiro atoms. The van der Waals surface area contributed by atoms with E-state index < -0.39 is 0 Å². The second kappa shape index (κ2) is 5.65. The van der Waals surface area contributed by atoms with E-state index >= 15 is 0 Å². The Morgan fingerprint density at radius 3 is 2.60 bits per heavy atom. The van der Waals surface area contributed by atoms with Gasteiger partial charge in [-0.25, -0.2) is 0 Å². The molecule has 1 aromatic carbocycles. The maximum absolute atomic E-state index is 12.4. The van der Waals surface area contributed by atoms with Crippen LogP contribution in [0.2, 0.25) is 0 Å². The number of amides is 2. The first-order valence-corrected chi connectivity index (χ1v) is 7.38. The highest BCUT2D eigenvalue weighted by atomic mass is 16.2. The van der Waals surface area contributed by atoms with Gasteiger partial charge in [0.1, 0.15) is 6.04 Å². The zero-order chi connectivity index (χ0) is 13.9. The molecule has 1 atom stereocenters. The van der Waals surface area contributed by atoms with Crippen molar-refractivity contribution in [2.75, 3.05) is 6.54 Å². The molecule has 0 aromatic heterocycles. The molecule has 2 aliphatic rings. The highest BCUT2D eigenvalue weighted by Gasteiger charge is 2.36. The van der Waals surface area contributed by atoms with E-state index in [4.69, 9.17) is 0 Å². The number of nitrogens with zero attached hydrogens (tertiary/aromatic N) is 1. The lowest BCUT2D eigenvalue weighted by molar-refractivity contribution is -0.138. The largest absolute Gasteiger partial charge is 0.352 e. The van der Waals surface area contributed by atoms with Crippen LogP contribution in [0, 0.1) is 0 Å². The number of hydrogen-bond donors (Lipinski definition) is 1. The molecule has 1 aromatic rings. The maximum atomic E-state index is 12.4. The first kappa shape index (κ1) is 13.2. The molecule has 0 bridgehead atoms. The van der Waals surface area contributed by atoms with Crippen LogP contribution in [0.5, 0.6) is 0 Å². The number of benzene rings is 1. The Morgan fingerprint density at radius 2 is 1.90 bits per heavy atom. The van der Waals surface area contributed by atoms with Crippen molar-refractivity contribution in [3.63, 3.8) is 0 Å². The summed E-state index contributed by atoms with van der Waals surface area (Å²) in [6.07, 6.45) is 4.25. The molecule has 1 aliphatic heterocycles. The van der Waals surface area contributed by atoms with Gasteiger partial charge >= 0.3 is 0 Å². The van der Waals surface area contributed by atoms with Crippen molar-refractivity contribution in [3.05, 3.63) is 35.9 Å². The molecule has 1 heterocycles. The Hall–Kier alpha value is -1.84. The normalized spacial score (nSPS) is 21.8. The molecule has 1 saturated carbocycles. The summed E-state index contributed by atoms with van der Waals surface area (Å²) in [5.41, 5.74) is 1.01. The van der Waals surface area contributed by atoms with Crippen LogP contribution in [-0.4, -0.2) is 35.3 Å². The van der Waals surface area contributed by atoms with Gasteiger partial charge in [0.05, 0.1) is 6.42 Å². The highest BCUT2D eigenvalue weighted by Crippen LogP contribution is 2.23. The zero-order valence-electron chi connectivity index (χ0n) is 11.5. The summed E-state index contributed by atoms with van der Waals surface area (Å²) in [7, 11) is 0. The fourth-order valence-corrected chi connectivity index (χ4v) is 2.73. The van der Waals surface area contributed by atoms with Crippen LogP contribution in [-0.2, 0) is 16.0 Å². The lowest BCUT2D eigenvalue weighted by Gasteiger charge is -2.24. The van der Waals surface area contributed by atoms with Crippen molar-refractivity contribution in [2.45, 2.75) is 44.2 Å². The summed E-state index contributed by atoms with van der Waals surface area (Å²) in [5, 5.41) is 3.01. The van der Waals surface area contributed by atoms with Crippen LogP contribution in [0.15, 0.2) is 30.3 Å². The minimum atomic E-state index is -0.258. The summed E-state index contributed by atoms with van der Waals surface area (Å²) in [6, 6.07) is 9.81. The molecule has 1 aliphatic carbocycles. The predicted octanol–water partition coefficient (Wildman–Crippen LogP) is 1.50. The molecule has 2 amide bonds. The zero-order valence-corrected chi connectivity index (χ0v) is 11.5. The predicted molar refractivity (Wildman–Crippen MR) is 76.0 cm³/mol. The third-order valence-electron chi connectivity index (χ3n) is 4.00. The lowest BCUT2D eigenvalue weighted by Crippen LogP contribution is -2.47. The third-order valence-corrected chi connectivity index (χ3v) is 4.00. The van der Waals surface area contributed by atoms with Gasteiger partial charge in [0.25, 0.3) is 0 Å². The number of nitrogens with one attached hydrogen (secondary N) is 1. The quantitative estimate of drug-likeness (QED) is 0.903. The Morgan fingerprint density at radius 1 is 1.15 bits per heavy atom. The van der Waals surface area contributed by atoms with Crippen LogP contribution in [0.4, 0.5) is 0 Å². The molecular formula is C16H20N2O2. The molecule has 4 heteroatoms. The van der Waals surface area contributed by atoms with E-state index in [1.54, 1.807) is 4.90 Å². The molecule has 2 fully saturated rings. The van der Waals surface area contributed by atoms with Gasteiger partial charge in [0.2, 0.25) is 11.8 Å². The molecule has 106 valence electrons. The molecule has 3 rings (SSSR count). The van der Waals surface area contributed by atoms with Crippen LogP contribution in [0.1, 0.15) is 31.2 Å². The molecule has 1 N–H and O–H groups in total. The number of carbonyl (C=O) groups is 2. The van der Waals surface area contributed by atoms with Crippen molar-refractivity contribution in [1.29, 1.82) is 0 Å². The number of hydrogen-bond acceptors (Lipinski definition) is 2. The van der Waals surface area contributed by atoms with Gasteiger partial charge in [-0.3, -0.25) is 9.59 Å². The molecule has 20 heavy (non-hydrogen) atoms. The first-order valence-electron chi connectivity index (χ1n) is 7.38. The van der Waals surface area contributed by atoms with Crippen molar-refractivity contribution in [3.8, 4) is 0 Å². The van der Waals surface area contributed by atoms with Gasteiger partial charge in [0.15, 0.2) is 0 Å². The van der Waals surface area contributed by atoms with Gasteiger partial charge in [0, 0.05) is 12.6 Å². The van der Waals surface area contributed by atoms with Crippen LogP contribution >= 0.6 is 0 Å². The van der Waals surface area contributed by atoms with Crippen LogP contribution < -0.4 is 5.32 Å². The van der Waals surface area contributed by atoms with Gasteiger partial charge < -0.3 is 10.2 Å². The van der Waals surface area contributed by atoms with Crippen LogP contribution in [0.25, 0.3) is 0 Å².